The van der Waals surface area contributed by atoms with Crippen molar-refractivity contribution in [3.63, 3.8) is 0 Å². The minimum atomic E-state index is -3.79. The molecule has 0 bridgehead atoms. The van der Waals surface area contributed by atoms with Gasteiger partial charge in [-0.3, -0.25) is 9.78 Å². The van der Waals surface area contributed by atoms with Crippen molar-refractivity contribution >= 4 is 15.9 Å². The molecule has 1 saturated carbocycles. The molecule has 0 radical (unpaired) electrons. The van der Waals surface area contributed by atoms with Gasteiger partial charge in [0.1, 0.15) is 0 Å². The van der Waals surface area contributed by atoms with E-state index in [0.29, 0.717) is 24.8 Å². The number of aliphatic hydroxyl groups excluding tert-OH is 1. The first kappa shape index (κ1) is 18.5. The van der Waals surface area contributed by atoms with Gasteiger partial charge in [-0.15, -0.1) is 0 Å². The van der Waals surface area contributed by atoms with Gasteiger partial charge in [-0.1, -0.05) is 0 Å². The lowest BCUT2D eigenvalue weighted by Crippen LogP contribution is -2.48. The van der Waals surface area contributed by atoms with Crippen LogP contribution in [0.1, 0.15) is 28.8 Å². The van der Waals surface area contributed by atoms with E-state index in [1.165, 1.54) is 24.3 Å². The van der Waals surface area contributed by atoms with Crippen LogP contribution >= 0.6 is 0 Å². The molecule has 0 spiro atoms. The van der Waals surface area contributed by atoms with E-state index in [1.54, 1.807) is 12.4 Å². The molecule has 0 saturated heterocycles. The van der Waals surface area contributed by atoms with Crippen molar-refractivity contribution in [3.8, 4) is 0 Å². The number of aliphatic hydroxyl groups is 1. The third-order valence-corrected chi connectivity index (χ3v) is 5.61. The molecule has 1 heterocycles. The summed E-state index contributed by atoms with van der Waals surface area (Å²) < 4.78 is 22.6. The second kappa shape index (κ2) is 7.53. The highest BCUT2D eigenvalue weighted by Gasteiger charge is 2.34. The summed E-state index contributed by atoms with van der Waals surface area (Å²) in [6.07, 6.45) is 5.04. The summed E-state index contributed by atoms with van der Waals surface area (Å²) in [5.41, 5.74) is 1.41. The summed E-state index contributed by atoms with van der Waals surface area (Å²) in [5, 5.41) is 17.7. The van der Waals surface area contributed by atoms with Crippen molar-refractivity contribution in [2.24, 2.45) is 11.1 Å². The lowest BCUT2D eigenvalue weighted by molar-refractivity contribution is 0.0239. The van der Waals surface area contributed by atoms with Crippen molar-refractivity contribution in [2.45, 2.75) is 36.3 Å². The normalized spacial score (nSPS) is 20.8. The SMILES string of the molecule is NS(=O)(=O)c1ccc(C(=O)NC(Cc2ccncc2)C2CC(O)C2)cc1. The van der Waals surface area contributed by atoms with Crippen LogP contribution in [0.2, 0.25) is 0 Å². The standard InChI is InChI=1S/C18H21N3O4S/c19-26(24,25)16-3-1-13(2-4-16)18(23)21-17(14-10-15(22)11-14)9-12-5-7-20-8-6-12/h1-8,14-15,17,22H,9-11H2,(H,21,23)(H2,19,24,25). The van der Waals surface area contributed by atoms with Gasteiger partial charge in [0.25, 0.3) is 5.91 Å². The molecular formula is C18H21N3O4S. The maximum atomic E-state index is 12.6. The number of sulfonamides is 1. The summed E-state index contributed by atoms with van der Waals surface area (Å²) in [4.78, 5) is 16.5. The summed E-state index contributed by atoms with van der Waals surface area (Å²) in [5.74, 6) is -0.0859. The fourth-order valence-electron chi connectivity index (χ4n) is 3.11. The van der Waals surface area contributed by atoms with Gasteiger partial charge in [-0.25, -0.2) is 13.6 Å². The molecule has 7 nitrogen and oxygen atoms in total. The van der Waals surface area contributed by atoms with Crippen LogP contribution in [0.25, 0.3) is 0 Å². The van der Waals surface area contributed by atoms with E-state index in [0.717, 1.165) is 5.56 Å². The van der Waals surface area contributed by atoms with E-state index in [-0.39, 0.29) is 28.9 Å². The average Bonchev–Trinajstić information content (AvgIpc) is 2.59. The molecule has 1 aromatic carbocycles. The van der Waals surface area contributed by atoms with E-state index in [9.17, 15) is 18.3 Å². The first-order valence-electron chi connectivity index (χ1n) is 8.33. The van der Waals surface area contributed by atoms with E-state index in [4.69, 9.17) is 5.14 Å². The van der Waals surface area contributed by atoms with Crippen molar-refractivity contribution in [3.05, 3.63) is 59.9 Å². The lowest BCUT2D eigenvalue weighted by Gasteiger charge is -2.38. The molecule has 3 rings (SSSR count). The molecule has 4 N–H and O–H groups in total. The molecule has 1 aromatic heterocycles. The predicted octanol–water partition coefficient (Wildman–Crippen LogP) is 0.841. The van der Waals surface area contributed by atoms with Gasteiger partial charge in [0, 0.05) is 24.0 Å². The van der Waals surface area contributed by atoms with Crippen LogP contribution in [-0.2, 0) is 16.4 Å². The number of hydrogen-bond donors (Lipinski definition) is 3. The largest absolute Gasteiger partial charge is 0.393 e. The molecule has 26 heavy (non-hydrogen) atoms. The number of rotatable bonds is 6. The van der Waals surface area contributed by atoms with Gasteiger partial charge in [0.15, 0.2) is 0 Å². The van der Waals surface area contributed by atoms with Gasteiger partial charge in [-0.2, -0.15) is 0 Å². The Morgan fingerprint density at radius 1 is 1.19 bits per heavy atom. The Hall–Kier alpha value is -2.29. The molecule has 1 aliphatic carbocycles. The van der Waals surface area contributed by atoms with Gasteiger partial charge in [0.05, 0.1) is 11.0 Å². The number of nitrogens with one attached hydrogen (secondary N) is 1. The molecule has 138 valence electrons. The minimum absolute atomic E-state index is 0.0375. The van der Waals surface area contributed by atoms with Crippen molar-refractivity contribution in [1.82, 2.24) is 10.3 Å². The van der Waals surface area contributed by atoms with Crippen LogP contribution in [0.3, 0.4) is 0 Å². The molecule has 1 atom stereocenters. The maximum absolute atomic E-state index is 12.6. The molecule has 1 amide bonds. The Morgan fingerprint density at radius 2 is 1.81 bits per heavy atom. The zero-order chi connectivity index (χ0) is 18.7. The van der Waals surface area contributed by atoms with Crippen LogP contribution in [0.15, 0.2) is 53.7 Å². The second-order valence-electron chi connectivity index (χ2n) is 6.59. The number of pyridine rings is 1. The Labute approximate surface area is 152 Å². The molecule has 2 aromatic rings. The minimum Gasteiger partial charge on any atom is -0.393 e. The molecule has 0 aliphatic heterocycles. The van der Waals surface area contributed by atoms with Gasteiger partial charge in [-0.05, 0) is 67.1 Å². The van der Waals surface area contributed by atoms with E-state index < -0.39 is 10.0 Å². The van der Waals surface area contributed by atoms with Crippen LogP contribution < -0.4 is 10.5 Å². The number of carbonyl (C=O) groups is 1. The second-order valence-corrected chi connectivity index (χ2v) is 8.16. The quantitative estimate of drug-likeness (QED) is 0.690. The van der Waals surface area contributed by atoms with Gasteiger partial charge >= 0.3 is 0 Å². The number of nitrogens with zero attached hydrogens (tertiary/aromatic N) is 1. The highest BCUT2D eigenvalue weighted by atomic mass is 32.2. The van der Waals surface area contributed by atoms with E-state index in [1.807, 2.05) is 12.1 Å². The Bertz CT molecular complexity index is 863. The summed E-state index contributed by atoms with van der Waals surface area (Å²) >= 11 is 0. The highest BCUT2D eigenvalue weighted by Crippen LogP contribution is 2.32. The number of benzene rings is 1. The molecular weight excluding hydrogens is 354 g/mol. The van der Waals surface area contributed by atoms with Crippen molar-refractivity contribution in [2.75, 3.05) is 0 Å². The van der Waals surface area contributed by atoms with Crippen LogP contribution in [-0.4, -0.2) is 36.6 Å². The Morgan fingerprint density at radius 3 is 2.35 bits per heavy atom. The first-order valence-corrected chi connectivity index (χ1v) is 9.88. The smallest absolute Gasteiger partial charge is 0.251 e. The van der Waals surface area contributed by atoms with Crippen LogP contribution in [0.4, 0.5) is 0 Å². The van der Waals surface area contributed by atoms with E-state index >= 15 is 0 Å². The third kappa shape index (κ3) is 4.46. The van der Waals surface area contributed by atoms with Crippen molar-refractivity contribution in [1.29, 1.82) is 0 Å². The number of aromatic nitrogens is 1. The predicted molar refractivity (Wildman–Crippen MR) is 95.7 cm³/mol. The van der Waals surface area contributed by atoms with Crippen molar-refractivity contribution < 1.29 is 18.3 Å². The number of carbonyl (C=O) groups excluding carboxylic acids is 1. The molecule has 1 fully saturated rings. The monoisotopic (exact) mass is 375 g/mol. The average molecular weight is 375 g/mol. The van der Waals surface area contributed by atoms with Crippen LogP contribution in [0, 0.1) is 5.92 Å². The van der Waals surface area contributed by atoms with E-state index in [2.05, 4.69) is 10.3 Å². The van der Waals surface area contributed by atoms with Crippen LogP contribution in [0.5, 0.6) is 0 Å². The van der Waals surface area contributed by atoms with Gasteiger partial charge in [0.2, 0.25) is 10.0 Å². The number of amides is 1. The fraction of sp³-hybridized carbons (Fsp3) is 0.333. The summed E-state index contributed by atoms with van der Waals surface area (Å²) in [7, 11) is -3.79. The third-order valence-electron chi connectivity index (χ3n) is 4.69. The highest BCUT2D eigenvalue weighted by molar-refractivity contribution is 7.89. The zero-order valence-corrected chi connectivity index (χ0v) is 14.9. The fourth-order valence-corrected chi connectivity index (χ4v) is 3.63. The zero-order valence-electron chi connectivity index (χ0n) is 14.1. The van der Waals surface area contributed by atoms with Gasteiger partial charge < -0.3 is 10.4 Å². The molecule has 1 unspecified atom stereocenters. The first-order chi connectivity index (χ1) is 12.3. The maximum Gasteiger partial charge on any atom is 0.251 e. The Kier molecular flexibility index (Phi) is 5.36. The topological polar surface area (TPSA) is 122 Å². The summed E-state index contributed by atoms with van der Waals surface area (Å²) in [6, 6.07) is 9.18. The Balaban J connectivity index is 1.72. The summed E-state index contributed by atoms with van der Waals surface area (Å²) in [6.45, 7) is 0. The molecule has 1 aliphatic rings. The number of primary sulfonamides is 1. The number of hydrogen-bond acceptors (Lipinski definition) is 5. The lowest BCUT2D eigenvalue weighted by atomic mass is 9.75. The molecule has 8 heteroatoms. The number of nitrogens with two attached hydrogens (primary N) is 1.